The molecule has 1 saturated heterocycles. The smallest absolute Gasteiger partial charge is 0.159 e. The third-order valence-electron chi connectivity index (χ3n) is 6.62. The number of aryl methyl sites for hydroxylation is 1. The van der Waals surface area contributed by atoms with Gasteiger partial charge < -0.3 is 20.1 Å². The number of nitrogens with zero attached hydrogens (tertiary/aromatic N) is 2. The van der Waals surface area contributed by atoms with Crippen molar-refractivity contribution in [2.75, 3.05) is 19.7 Å². The number of fused-ring (bicyclic) bond motifs is 1. The summed E-state index contributed by atoms with van der Waals surface area (Å²) in [7, 11) is 0. The first-order valence-corrected chi connectivity index (χ1v) is 11.0. The maximum atomic E-state index is 9.81. The second-order valence-electron chi connectivity index (χ2n) is 8.67. The summed E-state index contributed by atoms with van der Waals surface area (Å²) < 4.78 is 6.10. The first-order valence-electron chi connectivity index (χ1n) is 11.0. The lowest BCUT2D eigenvalue weighted by atomic mass is 9.89. The maximum absolute atomic E-state index is 9.81. The van der Waals surface area contributed by atoms with Crippen molar-refractivity contribution in [3.05, 3.63) is 59.9 Å². The molecule has 1 spiro atoms. The number of benzene rings is 2. The van der Waals surface area contributed by atoms with Gasteiger partial charge in [0.2, 0.25) is 0 Å². The van der Waals surface area contributed by atoms with E-state index in [2.05, 4.69) is 51.7 Å². The minimum absolute atomic E-state index is 0.00607. The van der Waals surface area contributed by atoms with Crippen LogP contribution in [0, 0.1) is 0 Å². The van der Waals surface area contributed by atoms with E-state index in [4.69, 9.17) is 9.72 Å². The number of aromatic nitrogens is 4. The zero-order chi connectivity index (χ0) is 21.7. The van der Waals surface area contributed by atoms with Gasteiger partial charge in [0.05, 0.1) is 23.4 Å². The second-order valence-corrected chi connectivity index (χ2v) is 8.67. The molecule has 6 rings (SSSR count). The topological polar surface area (TPSA) is 98.9 Å². The van der Waals surface area contributed by atoms with Gasteiger partial charge in [0.25, 0.3) is 0 Å². The Labute approximate surface area is 185 Å². The lowest BCUT2D eigenvalue weighted by molar-refractivity contribution is -0.0692. The van der Waals surface area contributed by atoms with E-state index < -0.39 is 0 Å². The molecule has 7 nitrogen and oxygen atoms in total. The molecule has 0 amide bonds. The summed E-state index contributed by atoms with van der Waals surface area (Å²) in [4.78, 5) is 8.09. The predicted octanol–water partition coefficient (Wildman–Crippen LogP) is 4.03. The fourth-order valence-corrected chi connectivity index (χ4v) is 4.62. The first-order chi connectivity index (χ1) is 15.6. The molecule has 0 atom stereocenters. The zero-order valence-electron chi connectivity index (χ0n) is 17.9. The fourth-order valence-electron chi connectivity index (χ4n) is 4.62. The average molecular weight is 428 g/mol. The first kappa shape index (κ1) is 19.3. The molecule has 0 saturated carbocycles. The van der Waals surface area contributed by atoms with Gasteiger partial charge in [0.15, 0.2) is 5.82 Å². The van der Waals surface area contributed by atoms with E-state index >= 15 is 0 Å². The van der Waals surface area contributed by atoms with Crippen molar-refractivity contribution in [3.8, 4) is 28.4 Å². The molecule has 1 fully saturated rings. The lowest BCUT2D eigenvalue weighted by Gasteiger charge is -2.44. The summed E-state index contributed by atoms with van der Waals surface area (Å²) in [5, 5.41) is 21.8. The molecule has 7 heteroatoms. The van der Waals surface area contributed by atoms with Crippen LogP contribution in [-0.4, -0.2) is 50.6 Å². The van der Waals surface area contributed by atoms with E-state index in [9.17, 15) is 5.11 Å². The van der Waals surface area contributed by atoms with Crippen molar-refractivity contribution < 1.29 is 9.84 Å². The Morgan fingerprint density at radius 3 is 2.81 bits per heavy atom. The maximum Gasteiger partial charge on any atom is 0.159 e. The van der Waals surface area contributed by atoms with Crippen LogP contribution in [0.3, 0.4) is 0 Å². The van der Waals surface area contributed by atoms with Gasteiger partial charge in [-0.2, -0.15) is 5.10 Å². The van der Waals surface area contributed by atoms with E-state index in [1.54, 1.807) is 6.07 Å². The molecule has 4 aromatic rings. The molecular weight excluding hydrogens is 402 g/mol. The minimum Gasteiger partial charge on any atom is -0.508 e. The molecule has 0 bridgehead atoms. The number of aromatic amines is 2. The number of rotatable bonds is 4. The summed E-state index contributed by atoms with van der Waals surface area (Å²) in [6.45, 7) is 4.53. The summed E-state index contributed by atoms with van der Waals surface area (Å²) >= 11 is 0. The van der Waals surface area contributed by atoms with Crippen LogP contribution in [0.1, 0.15) is 24.6 Å². The number of hydrogen-bond donors (Lipinski definition) is 4. The Balaban J connectivity index is 1.31. The van der Waals surface area contributed by atoms with Crippen LogP contribution >= 0.6 is 0 Å². The van der Waals surface area contributed by atoms with Crippen molar-refractivity contribution in [2.45, 2.75) is 25.4 Å². The number of hydrogen-bond acceptors (Lipinski definition) is 5. The van der Waals surface area contributed by atoms with E-state index in [0.717, 1.165) is 76.3 Å². The molecule has 2 aromatic heterocycles. The third-order valence-corrected chi connectivity index (χ3v) is 6.62. The molecule has 4 N–H and O–H groups in total. The Kier molecular flexibility index (Phi) is 4.41. The molecular formula is C25H25N5O2. The number of imidazole rings is 1. The molecule has 0 radical (unpaired) electrons. The lowest BCUT2D eigenvalue weighted by Crippen LogP contribution is -2.61. The van der Waals surface area contributed by atoms with Crippen LogP contribution in [0.5, 0.6) is 5.75 Å². The number of H-pyrrole nitrogens is 2. The monoisotopic (exact) mass is 427 g/mol. The van der Waals surface area contributed by atoms with Crippen molar-refractivity contribution in [2.24, 2.45) is 0 Å². The van der Waals surface area contributed by atoms with Gasteiger partial charge in [-0.3, -0.25) is 5.10 Å². The standard InChI is InChI=1S/C25H25N5O2/c1-2-15-9-18(31)4-6-19(15)16-3-5-20-21(10-16)29-30-23(20)24-27-11-22(28-24)17-7-8-25(32-12-17)13-26-14-25/h3-7,9-11,26,31H,2,8,12-14H2,1H3,(H,27,28)(H,29,30). The van der Waals surface area contributed by atoms with Gasteiger partial charge in [-0.15, -0.1) is 0 Å². The highest BCUT2D eigenvalue weighted by Gasteiger charge is 2.39. The average Bonchev–Trinajstić information content (AvgIpc) is 3.44. The van der Waals surface area contributed by atoms with Gasteiger partial charge in [-0.25, -0.2) is 4.98 Å². The Morgan fingerprint density at radius 2 is 2.06 bits per heavy atom. The summed E-state index contributed by atoms with van der Waals surface area (Å²) in [6, 6.07) is 11.8. The van der Waals surface area contributed by atoms with Gasteiger partial charge in [-0.05, 0) is 53.8 Å². The van der Waals surface area contributed by atoms with Crippen LogP contribution in [0.2, 0.25) is 0 Å². The van der Waals surface area contributed by atoms with Crippen molar-refractivity contribution in [1.82, 2.24) is 25.5 Å². The third kappa shape index (κ3) is 3.13. The highest BCUT2D eigenvalue weighted by atomic mass is 16.5. The predicted molar refractivity (Wildman–Crippen MR) is 124 cm³/mol. The van der Waals surface area contributed by atoms with Crippen molar-refractivity contribution >= 4 is 16.5 Å². The van der Waals surface area contributed by atoms with Crippen LogP contribution in [-0.2, 0) is 11.2 Å². The van der Waals surface area contributed by atoms with Crippen LogP contribution in [0.25, 0.3) is 39.1 Å². The van der Waals surface area contributed by atoms with E-state index in [-0.39, 0.29) is 5.60 Å². The molecule has 0 aliphatic carbocycles. The van der Waals surface area contributed by atoms with E-state index in [1.165, 1.54) is 0 Å². The number of nitrogens with one attached hydrogen (secondary N) is 3. The van der Waals surface area contributed by atoms with Crippen LogP contribution in [0.4, 0.5) is 0 Å². The Hall–Kier alpha value is -3.42. The van der Waals surface area contributed by atoms with E-state index in [1.807, 2.05) is 18.3 Å². The van der Waals surface area contributed by atoms with Gasteiger partial charge in [0.1, 0.15) is 11.4 Å². The quantitative estimate of drug-likeness (QED) is 0.394. The number of phenols is 1. The summed E-state index contributed by atoms with van der Waals surface area (Å²) in [6.07, 6.45) is 5.95. The van der Waals surface area contributed by atoms with Gasteiger partial charge in [-0.1, -0.05) is 25.1 Å². The number of aromatic hydroxyl groups is 1. The van der Waals surface area contributed by atoms with Crippen molar-refractivity contribution in [1.29, 1.82) is 0 Å². The molecule has 0 unspecified atom stereocenters. The molecule has 2 aromatic carbocycles. The second kappa shape index (κ2) is 7.32. The van der Waals surface area contributed by atoms with E-state index in [0.29, 0.717) is 12.4 Å². The summed E-state index contributed by atoms with van der Waals surface area (Å²) in [5.41, 5.74) is 7.09. The molecule has 4 heterocycles. The van der Waals surface area contributed by atoms with Crippen LogP contribution < -0.4 is 5.32 Å². The van der Waals surface area contributed by atoms with Crippen LogP contribution in [0.15, 0.2) is 48.7 Å². The SMILES string of the molecule is CCc1cc(O)ccc1-c1ccc2c(-c3nc(C4=CCC5(CNC5)OC4)c[nH]3)n[nH]c2c1. The fraction of sp³-hybridized carbons (Fsp3) is 0.280. The molecule has 32 heavy (non-hydrogen) atoms. The number of ether oxygens (including phenoxy) is 1. The number of phenolic OH excluding ortho intramolecular Hbond substituents is 1. The highest BCUT2D eigenvalue weighted by molar-refractivity contribution is 5.94. The Bertz CT molecular complexity index is 1350. The van der Waals surface area contributed by atoms with Gasteiger partial charge in [0, 0.05) is 30.2 Å². The molecule has 2 aliphatic rings. The highest BCUT2D eigenvalue weighted by Crippen LogP contribution is 2.34. The van der Waals surface area contributed by atoms with Crippen molar-refractivity contribution in [3.63, 3.8) is 0 Å². The Morgan fingerprint density at radius 1 is 1.16 bits per heavy atom. The zero-order valence-corrected chi connectivity index (χ0v) is 17.9. The molecule has 162 valence electrons. The largest absolute Gasteiger partial charge is 0.508 e. The molecule has 2 aliphatic heterocycles. The minimum atomic E-state index is -0.00607. The normalized spacial score (nSPS) is 17.5. The summed E-state index contributed by atoms with van der Waals surface area (Å²) in [5.74, 6) is 1.03. The van der Waals surface area contributed by atoms with Gasteiger partial charge >= 0.3 is 0 Å².